The Labute approximate surface area is 169 Å². The minimum Gasteiger partial charge on any atom is -0.324 e. The average Bonchev–Trinajstić information content (AvgIpc) is 3.13. The molecule has 1 atom stereocenters. The highest BCUT2D eigenvalue weighted by molar-refractivity contribution is 7.07. The van der Waals surface area contributed by atoms with Crippen LogP contribution in [0.1, 0.15) is 18.9 Å². The van der Waals surface area contributed by atoms with Crippen LogP contribution in [0, 0.1) is 0 Å². The van der Waals surface area contributed by atoms with Crippen molar-refractivity contribution >= 4 is 34.5 Å². The van der Waals surface area contributed by atoms with Crippen LogP contribution in [0.4, 0.5) is 11.4 Å². The van der Waals surface area contributed by atoms with Gasteiger partial charge < -0.3 is 10.2 Å². The summed E-state index contributed by atoms with van der Waals surface area (Å²) in [6.07, 6.45) is 0.314. The summed E-state index contributed by atoms with van der Waals surface area (Å²) in [6, 6.07) is 9.57. The lowest BCUT2D eigenvalue weighted by atomic mass is 10.1. The molecule has 2 amide bonds. The average molecular weight is 399 g/mol. The third kappa shape index (κ3) is 4.27. The maximum Gasteiger partial charge on any atom is 0.241 e. The van der Waals surface area contributed by atoms with E-state index in [1.54, 1.807) is 16.2 Å². The van der Waals surface area contributed by atoms with Gasteiger partial charge in [0.15, 0.2) is 0 Å². The molecule has 2 aromatic rings. The monoisotopic (exact) mass is 398 g/mol. The van der Waals surface area contributed by atoms with E-state index >= 15 is 0 Å². The third-order valence-electron chi connectivity index (χ3n) is 5.44. The standard InChI is InChI=1S/C21H26N4O2S/c1-16-12-20(26)22-18-4-2-3-5-19(18)25(16)21(27)14-24-9-7-23(8-10-24)13-17-6-11-28-15-17/h2-6,11,15-16H,7-10,12-14H2,1H3,(H,22,26)/t16-/m0/s1. The molecule has 1 aromatic carbocycles. The highest BCUT2D eigenvalue weighted by Gasteiger charge is 2.31. The van der Waals surface area contributed by atoms with Gasteiger partial charge in [0.25, 0.3) is 0 Å². The van der Waals surface area contributed by atoms with Gasteiger partial charge in [-0.25, -0.2) is 0 Å². The van der Waals surface area contributed by atoms with E-state index in [4.69, 9.17) is 0 Å². The minimum absolute atomic E-state index is 0.0442. The van der Waals surface area contributed by atoms with Crippen molar-refractivity contribution in [3.8, 4) is 0 Å². The number of fused-ring (bicyclic) bond motifs is 1. The lowest BCUT2D eigenvalue weighted by Crippen LogP contribution is -2.51. The number of carbonyl (C=O) groups is 2. The summed E-state index contributed by atoms with van der Waals surface area (Å²) in [4.78, 5) is 31.7. The summed E-state index contributed by atoms with van der Waals surface area (Å²) in [5, 5.41) is 7.23. The number of nitrogens with one attached hydrogen (secondary N) is 1. The van der Waals surface area contributed by atoms with Crippen molar-refractivity contribution in [3.63, 3.8) is 0 Å². The van der Waals surface area contributed by atoms with Gasteiger partial charge in [-0.1, -0.05) is 12.1 Å². The van der Waals surface area contributed by atoms with E-state index in [0.717, 1.165) is 38.4 Å². The summed E-state index contributed by atoms with van der Waals surface area (Å²) in [5.41, 5.74) is 2.87. The number of amides is 2. The van der Waals surface area contributed by atoms with Gasteiger partial charge in [0.2, 0.25) is 11.8 Å². The molecule has 1 saturated heterocycles. The fourth-order valence-electron chi connectivity index (χ4n) is 3.98. The predicted octanol–water partition coefficient (Wildman–Crippen LogP) is 2.63. The first-order valence-corrected chi connectivity index (χ1v) is 10.7. The second-order valence-electron chi connectivity index (χ2n) is 7.57. The summed E-state index contributed by atoms with van der Waals surface area (Å²) >= 11 is 1.73. The number of carbonyl (C=O) groups excluding carboxylic acids is 2. The van der Waals surface area contributed by atoms with Gasteiger partial charge in [-0.3, -0.25) is 19.4 Å². The first kappa shape index (κ1) is 19.1. The molecule has 2 aliphatic heterocycles. The molecule has 0 aliphatic carbocycles. The normalized spacial score (nSPS) is 21.1. The van der Waals surface area contributed by atoms with Gasteiger partial charge >= 0.3 is 0 Å². The highest BCUT2D eigenvalue weighted by atomic mass is 32.1. The maximum atomic E-state index is 13.2. The lowest BCUT2D eigenvalue weighted by molar-refractivity contribution is -0.120. The molecule has 4 rings (SSSR count). The van der Waals surface area contributed by atoms with Crippen LogP contribution in [-0.4, -0.2) is 60.4 Å². The Morgan fingerprint density at radius 3 is 2.64 bits per heavy atom. The molecule has 1 aromatic heterocycles. The van der Waals surface area contributed by atoms with Crippen molar-refractivity contribution in [1.82, 2.24) is 9.80 Å². The van der Waals surface area contributed by atoms with Crippen molar-refractivity contribution in [2.24, 2.45) is 0 Å². The molecule has 0 unspecified atom stereocenters. The number of rotatable bonds is 4. The molecule has 28 heavy (non-hydrogen) atoms. The molecule has 3 heterocycles. The fourth-order valence-corrected chi connectivity index (χ4v) is 4.64. The van der Waals surface area contributed by atoms with Crippen LogP contribution in [0.3, 0.4) is 0 Å². The number of hydrogen-bond donors (Lipinski definition) is 1. The van der Waals surface area contributed by atoms with E-state index in [1.165, 1.54) is 5.56 Å². The third-order valence-corrected chi connectivity index (χ3v) is 6.17. The fraction of sp³-hybridized carbons (Fsp3) is 0.429. The molecule has 6 nitrogen and oxygen atoms in total. The number of hydrogen-bond acceptors (Lipinski definition) is 5. The molecule has 0 saturated carbocycles. The summed E-state index contributed by atoms with van der Waals surface area (Å²) in [6.45, 7) is 7.02. The van der Waals surface area contributed by atoms with Gasteiger partial charge in [0.1, 0.15) is 0 Å². The summed E-state index contributed by atoms with van der Waals surface area (Å²) in [5.74, 6) is 0.0139. The molecule has 0 radical (unpaired) electrons. The molecular formula is C21H26N4O2S. The number of piperazine rings is 1. The van der Waals surface area contributed by atoms with E-state index in [0.29, 0.717) is 18.7 Å². The number of para-hydroxylation sites is 2. The molecular weight excluding hydrogens is 372 g/mol. The van der Waals surface area contributed by atoms with Crippen molar-refractivity contribution in [3.05, 3.63) is 46.7 Å². The molecule has 2 aliphatic rings. The van der Waals surface area contributed by atoms with E-state index in [-0.39, 0.29) is 17.9 Å². The van der Waals surface area contributed by atoms with Crippen LogP contribution < -0.4 is 10.2 Å². The number of nitrogens with zero attached hydrogens (tertiary/aromatic N) is 3. The Kier molecular flexibility index (Phi) is 5.75. The van der Waals surface area contributed by atoms with Crippen LogP contribution >= 0.6 is 11.3 Å². The molecule has 1 N–H and O–H groups in total. The predicted molar refractivity (Wildman–Crippen MR) is 113 cm³/mol. The van der Waals surface area contributed by atoms with Gasteiger partial charge in [-0.2, -0.15) is 11.3 Å². The Balaban J connectivity index is 1.39. The van der Waals surface area contributed by atoms with Crippen molar-refractivity contribution in [2.75, 3.05) is 42.9 Å². The zero-order valence-corrected chi connectivity index (χ0v) is 17.0. The summed E-state index contributed by atoms with van der Waals surface area (Å²) < 4.78 is 0. The molecule has 0 spiro atoms. The van der Waals surface area contributed by atoms with E-state index in [2.05, 4.69) is 31.9 Å². The maximum absolute atomic E-state index is 13.2. The molecule has 1 fully saturated rings. The van der Waals surface area contributed by atoms with Gasteiger partial charge in [0, 0.05) is 45.2 Å². The second-order valence-corrected chi connectivity index (χ2v) is 8.35. The Hall–Kier alpha value is -2.22. The molecule has 7 heteroatoms. The van der Waals surface area contributed by atoms with Gasteiger partial charge in [-0.05, 0) is 41.4 Å². The van der Waals surface area contributed by atoms with Crippen molar-refractivity contribution in [2.45, 2.75) is 25.9 Å². The van der Waals surface area contributed by atoms with E-state index < -0.39 is 0 Å². The van der Waals surface area contributed by atoms with E-state index in [1.807, 2.05) is 31.2 Å². The van der Waals surface area contributed by atoms with Crippen LogP contribution in [0.15, 0.2) is 41.1 Å². The zero-order chi connectivity index (χ0) is 19.5. The summed E-state index contributed by atoms with van der Waals surface area (Å²) in [7, 11) is 0. The zero-order valence-electron chi connectivity index (χ0n) is 16.1. The van der Waals surface area contributed by atoms with Crippen LogP contribution in [0.25, 0.3) is 0 Å². The largest absolute Gasteiger partial charge is 0.324 e. The SMILES string of the molecule is C[C@H]1CC(=O)Nc2ccccc2N1C(=O)CN1CCN(Cc2ccsc2)CC1. The smallest absolute Gasteiger partial charge is 0.241 e. The Morgan fingerprint density at radius 1 is 1.14 bits per heavy atom. The lowest BCUT2D eigenvalue weighted by Gasteiger charge is -2.36. The first-order chi connectivity index (χ1) is 13.6. The Morgan fingerprint density at radius 2 is 1.89 bits per heavy atom. The van der Waals surface area contributed by atoms with E-state index in [9.17, 15) is 9.59 Å². The topological polar surface area (TPSA) is 55.9 Å². The van der Waals surface area contributed by atoms with Crippen LogP contribution in [0.2, 0.25) is 0 Å². The minimum atomic E-state index is -0.156. The Bertz CT molecular complexity index is 831. The number of benzene rings is 1. The van der Waals surface area contributed by atoms with Crippen molar-refractivity contribution < 1.29 is 9.59 Å². The quantitative estimate of drug-likeness (QED) is 0.860. The number of thiophene rings is 1. The number of anilines is 2. The van der Waals surface area contributed by atoms with Gasteiger partial charge in [-0.15, -0.1) is 0 Å². The molecule has 0 bridgehead atoms. The second kappa shape index (κ2) is 8.43. The first-order valence-electron chi connectivity index (χ1n) is 9.77. The molecule has 148 valence electrons. The van der Waals surface area contributed by atoms with Gasteiger partial charge in [0.05, 0.1) is 17.9 Å². The van der Waals surface area contributed by atoms with Crippen LogP contribution in [-0.2, 0) is 16.1 Å². The van der Waals surface area contributed by atoms with Crippen LogP contribution in [0.5, 0.6) is 0 Å². The highest BCUT2D eigenvalue weighted by Crippen LogP contribution is 2.31. The van der Waals surface area contributed by atoms with Crippen molar-refractivity contribution in [1.29, 1.82) is 0 Å².